The normalized spacial score (nSPS) is 57.7. The molecule has 2 fully saturated rings. The molecule has 4 aliphatic carbocycles. The number of hydrogen-bond donors (Lipinski definition) is 1. The van der Waals surface area contributed by atoms with Crippen molar-refractivity contribution in [2.24, 2.45) is 35.3 Å². The van der Waals surface area contributed by atoms with E-state index < -0.39 is 0 Å². The van der Waals surface area contributed by atoms with E-state index in [-0.39, 0.29) is 0 Å². The molecule has 4 aliphatic rings. The molecule has 0 aliphatic heterocycles. The first-order valence-electron chi connectivity index (χ1n) is 4.78. The van der Waals surface area contributed by atoms with E-state index in [0.29, 0.717) is 0 Å². The molecule has 0 radical (unpaired) electrons. The lowest BCUT2D eigenvalue weighted by Crippen LogP contribution is -2.34. The van der Waals surface area contributed by atoms with Crippen molar-refractivity contribution in [2.75, 3.05) is 6.54 Å². The molecule has 1 heteroatoms. The quantitative estimate of drug-likeness (QED) is 0.560. The molecule has 0 heterocycles. The van der Waals surface area contributed by atoms with E-state index in [4.69, 9.17) is 5.73 Å². The molecule has 1 nitrogen and oxygen atoms in total. The Labute approximate surface area is 67.7 Å². The molecular weight excluding hydrogens is 134 g/mol. The first-order chi connectivity index (χ1) is 5.40. The van der Waals surface area contributed by atoms with E-state index in [2.05, 4.69) is 12.2 Å². The van der Waals surface area contributed by atoms with Crippen LogP contribution >= 0.6 is 0 Å². The fourth-order valence-electron chi connectivity index (χ4n) is 3.25. The standard InChI is InChI=1S/C10H15N/c11-5-7-3-6-1-2-8(7)10-4-9(6)10/h1-2,6-10H,3-5,11H2/t6-,7?,8+,9-,10+/m0/s1. The third-order valence-corrected chi connectivity index (χ3v) is 3.94. The lowest BCUT2D eigenvalue weighted by atomic mass is 9.69. The molecule has 2 N–H and O–H groups in total. The van der Waals surface area contributed by atoms with Gasteiger partial charge in [-0.3, -0.25) is 0 Å². The summed E-state index contributed by atoms with van der Waals surface area (Å²) in [5.74, 6) is 4.74. The number of fused-ring (bicyclic) bond motifs is 1. The highest BCUT2D eigenvalue weighted by atomic mass is 14.6. The van der Waals surface area contributed by atoms with Crippen LogP contribution in [0.15, 0.2) is 12.2 Å². The second-order valence-corrected chi connectivity index (χ2v) is 4.42. The number of hydrogen-bond acceptors (Lipinski definition) is 1. The van der Waals surface area contributed by atoms with Crippen LogP contribution in [0.1, 0.15) is 12.8 Å². The largest absolute Gasteiger partial charge is 0.330 e. The third kappa shape index (κ3) is 0.698. The molecule has 11 heavy (non-hydrogen) atoms. The summed E-state index contributed by atoms with van der Waals surface area (Å²) in [6, 6.07) is 0. The molecule has 0 aromatic carbocycles. The summed E-state index contributed by atoms with van der Waals surface area (Å²) in [6.07, 6.45) is 7.78. The van der Waals surface area contributed by atoms with Crippen LogP contribution in [-0.4, -0.2) is 6.54 Å². The second kappa shape index (κ2) is 1.89. The summed E-state index contributed by atoms with van der Waals surface area (Å²) in [6.45, 7) is 0.911. The minimum atomic E-state index is 0.828. The Morgan fingerprint density at radius 2 is 2.09 bits per heavy atom. The topological polar surface area (TPSA) is 26.0 Å². The number of rotatable bonds is 1. The van der Waals surface area contributed by atoms with Gasteiger partial charge in [0.15, 0.2) is 0 Å². The predicted molar refractivity (Wildman–Crippen MR) is 44.9 cm³/mol. The van der Waals surface area contributed by atoms with Crippen molar-refractivity contribution >= 4 is 0 Å². The van der Waals surface area contributed by atoms with E-state index >= 15 is 0 Å². The van der Waals surface area contributed by atoms with Crippen molar-refractivity contribution < 1.29 is 0 Å². The van der Waals surface area contributed by atoms with Crippen LogP contribution in [0.4, 0.5) is 0 Å². The maximum absolute atomic E-state index is 5.74. The Balaban J connectivity index is 1.92. The first kappa shape index (κ1) is 6.24. The smallest absolute Gasteiger partial charge is 0.00429 e. The zero-order chi connectivity index (χ0) is 7.42. The summed E-state index contributed by atoms with van der Waals surface area (Å²) in [4.78, 5) is 0. The Morgan fingerprint density at radius 3 is 2.82 bits per heavy atom. The molecule has 60 valence electrons. The summed E-state index contributed by atoms with van der Waals surface area (Å²) in [5, 5.41) is 0. The van der Waals surface area contributed by atoms with Crippen LogP contribution < -0.4 is 5.73 Å². The molecule has 0 amide bonds. The van der Waals surface area contributed by atoms with Gasteiger partial charge in [0.25, 0.3) is 0 Å². The van der Waals surface area contributed by atoms with Crippen LogP contribution in [0.2, 0.25) is 0 Å². The fraction of sp³-hybridized carbons (Fsp3) is 0.800. The van der Waals surface area contributed by atoms with Crippen molar-refractivity contribution in [3.05, 3.63) is 12.2 Å². The summed E-state index contributed by atoms with van der Waals surface area (Å²) in [7, 11) is 0. The van der Waals surface area contributed by atoms with E-state index in [0.717, 1.165) is 36.1 Å². The molecule has 0 saturated heterocycles. The van der Waals surface area contributed by atoms with Gasteiger partial charge in [-0.15, -0.1) is 0 Å². The predicted octanol–water partition coefficient (Wildman–Crippen LogP) is 1.40. The van der Waals surface area contributed by atoms with Gasteiger partial charge in [-0.1, -0.05) is 12.2 Å². The van der Waals surface area contributed by atoms with Crippen LogP contribution in [-0.2, 0) is 0 Å². The van der Waals surface area contributed by atoms with Crippen LogP contribution in [0.25, 0.3) is 0 Å². The Hall–Kier alpha value is -0.300. The van der Waals surface area contributed by atoms with Gasteiger partial charge >= 0.3 is 0 Å². The highest BCUT2D eigenvalue weighted by molar-refractivity contribution is 5.18. The molecule has 0 spiro atoms. The van der Waals surface area contributed by atoms with E-state index in [1.165, 1.54) is 12.8 Å². The molecule has 5 atom stereocenters. The molecular formula is C10H15N. The summed E-state index contributed by atoms with van der Waals surface area (Å²) >= 11 is 0. The maximum Gasteiger partial charge on any atom is -0.00429 e. The van der Waals surface area contributed by atoms with Gasteiger partial charge in [-0.25, -0.2) is 0 Å². The minimum absolute atomic E-state index is 0.828. The molecule has 0 aromatic rings. The van der Waals surface area contributed by atoms with Crippen LogP contribution in [0.3, 0.4) is 0 Å². The molecule has 0 aromatic heterocycles. The monoisotopic (exact) mass is 149 g/mol. The fourth-order valence-corrected chi connectivity index (χ4v) is 3.25. The van der Waals surface area contributed by atoms with Gasteiger partial charge in [-0.05, 0) is 49.0 Å². The van der Waals surface area contributed by atoms with E-state index in [1.807, 2.05) is 0 Å². The Bertz CT molecular complexity index is 209. The zero-order valence-corrected chi connectivity index (χ0v) is 6.74. The van der Waals surface area contributed by atoms with E-state index in [9.17, 15) is 0 Å². The Kier molecular flexibility index (Phi) is 1.07. The van der Waals surface area contributed by atoms with Crippen LogP contribution in [0.5, 0.6) is 0 Å². The van der Waals surface area contributed by atoms with Gasteiger partial charge in [0.1, 0.15) is 0 Å². The van der Waals surface area contributed by atoms with Crippen molar-refractivity contribution in [3.8, 4) is 0 Å². The van der Waals surface area contributed by atoms with Crippen molar-refractivity contribution in [1.82, 2.24) is 0 Å². The van der Waals surface area contributed by atoms with Crippen molar-refractivity contribution in [2.45, 2.75) is 12.8 Å². The number of nitrogens with two attached hydrogens (primary N) is 1. The van der Waals surface area contributed by atoms with Gasteiger partial charge < -0.3 is 5.73 Å². The highest BCUT2D eigenvalue weighted by Gasteiger charge is 2.54. The third-order valence-electron chi connectivity index (χ3n) is 3.94. The Morgan fingerprint density at radius 1 is 1.18 bits per heavy atom. The van der Waals surface area contributed by atoms with Gasteiger partial charge in [0, 0.05) is 0 Å². The highest BCUT2D eigenvalue weighted by Crippen LogP contribution is 2.61. The average molecular weight is 149 g/mol. The molecule has 1 unspecified atom stereocenters. The second-order valence-electron chi connectivity index (χ2n) is 4.42. The lowest BCUT2D eigenvalue weighted by Gasteiger charge is -2.36. The maximum atomic E-state index is 5.74. The average Bonchev–Trinajstić information content (AvgIpc) is 2.84. The summed E-state index contributed by atoms with van der Waals surface area (Å²) < 4.78 is 0. The van der Waals surface area contributed by atoms with Gasteiger partial charge in [-0.2, -0.15) is 0 Å². The van der Waals surface area contributed by atoms with Gasteiger partial charge in [0.2, 0.25) is 0 Å². The molecule has 2 bridgehead atoms. The van der Waals surface area contributed by atoms with Crippen molar-refractivity contribution in [3.63, 3.8) is 0 Å². The minimum Gasteiger partial charge on any atom is -0.330 e. The van der Waals surface area contributed by atoms with Crippen molar-refractivity contribution in [1.29, 1.82) is 0 Å². The number of allylic oxidation sites excluding steroid dienone is 2. The van der Waals surface area contributed by atoms with Crippen LogP contribution in [0, 0.1) is 29.6 Å². The summed E-state index contributed by atoms with van der Waals surface area (Å²) in [5.41, 5.74) is 5.74. The molecule has 2 saturated carbocycles. The zero-order valence-electron chi connectivity index (χ0n) is 6.74. The lowest BCUT2D eigenvalue weighted by molar-refractivity contribution is 0.212. The first-order valence-corrected chi connectivity index (χ1v) is 4.78. The van der Waals surface area contributed by atoms with E-state index in [1.54, 1.807) is 0 Å². The molecule has 4 rings (SSSR count). The SMILES string of the molecule is NCC1C[C@@H]2C=C[C@H]1[C@H]1C[C@H]12. The van der Waals surface area contributed by atoms with Gasteiger partial charge in [0.05, 0.1) is 0 Å².